The molecular formula is C9H22O4. The first-order chi connectivity index (χ1) is 6.04. The number of rotatable bonds is 5. The van der Waals surface area contributed by atoms with Gasteiger partial charge >= 0.3 is 0 Å². The smallest absolute Gasteiger partial charge is 0.151 e. The van der Waals surface area contributed by atoms with Gasteiger partial charge in [-0.25, -0.2) is 0 Å². The lowest BCUT2D eigenvalue weighted by molar-refractivity contribution is -0.0463. The van der Waals surface area contributed by atoms with Crippen molar-refractivity contribution in [3.63, 3.8) is 0 Å². The van der Waals surface area contributed by atoms with Crippen molar-refractivity contribution in [2.75, 3.05) is 6.61 Å². The van der Waals surface area contributed by atoms with E-state index < -0.39 is 6.29 Å². The first kappa shape index (κ1) is 15.3. The lowest BCUT2D eigenvalue weighted by Crippen LogP contribution is -2.02. The normalized spacial score (nSPS) is 12.2. The molecule has 0 aromatic carbocycles. The van der Waals surface area contributed by atoms with E-state index in [9.17, 15) is 0 Å². The van der Waals surface area contributed by atoms with Crippen LogP contribution in [0.5, 0.6) is 0 Å². The summed E-state index contributed by atoms with van der Waals surface area (Å²) >= 11 is 0. The summed E-state index contributed by atoms with van der Waals surface area (Å²) in [6.45, 7) is 3.75. The van der Waals surface area contributed by atoms with Crippen LogP contribution in [0.3, 0.4) is 0 Å². The second kappa shape index (κ2) is 11.8. The van der Waals surface area contributed by atoms with E-state index >= 15 is 0 Å². The topological polar surface area (TPSA) is 80.9 Å². The van der Waals surface area contributed by atoms with Gasteiger partial charge in [0.1, 0.15) is 0 Å². The van der Waals surface area contributed by atoms with Gasteiger partial charge in [0.2, 0.25) is 0 Å². The molecule has 0 spiro atoms. The third-order valence-corrected chi connectivity index (χ3v) is 1.36. The van der Waals surface area contributed by atoms with Crippen molar-refractivity contribution in [3.8, 4) is 0 Å². The Balaban J connectivity index is 0. The SMILES string of the molecule is CC(O)CCO.CCCCC(O)O. The molecule has 0 heterocycles. The summed E-state index contributed by atoms with van der Waals surface area (Å²) in [5, 5.41) is 32.9. The van der Waals surface area contributed by atoms with Gasteiger partial charge in [-0.05, 0) is 26.2 Å². The Morgan fingerprint density at radius 3 is 1.69 bits per heavy atom. The molecule has 4 heteroatoms. The summed E-state index contributed by atoms with van der Waals surface area (Å²) < 4.78 is 0. The molecule has 1 unspecified atom stereocenters. The third kappa shape index (κ3) is 24.5. The molecule has 0 aliphatic carbocycles. The van der Waals surface area contributed by atoms with Crippen LogP contribution in [0.1, 0.15) is 39.5 Å². The number of aliphatic hydroxyl groups excluding tert-OH is 3. The van der Waals surface area contributed by atoms with Crippen LogP contribution < -0.4 is 0 Å². The third-order valence-electron chi connectivity index (χ3n) is 1.36. The van der Waals surface area contributed by atoms with Crippen molar-refractivity contribution in [1.82, 2.24) is 0 Å². The molecule has 4 nitrogen and oxygen atoms in total. The van der Waals surface area contributed by atoms with Crippen molar-refractivity contribution in [3.05, 3.63) is 0 Å². The zero-order valence-corrected chi connectivity index (χ0v) is 8.48. The summed E-state index contributed by atoms with van der Waals surface area (Å²) in [4.78, 5) is 0. The Bertz CT molecular complexity index is 83.7. The highest BCUT2D eigenvalue weighted by Crippen LogP contribution is 1.95. The lowest BCUT2D eigenvalue weighted by Gasteiger charge is -1.97. The molecule has 0 radical (unpaired) electrons. The summed E-state index contributed by atoms with van der Waals surface area (Å²) in [6.07, 6.45) is 1.47. The highest BCUT2D eigenvalue weighted by atomic mass is 16.5. The van der Waals surface area contributed by atoms with Crippen LogP contribution in [0.25, 0.3) is 0 Å². The van der Waals surface area contributed by atoms with Crippen LogP contribution in [0, 0.1) is 0 Å². The second-order valence-electron chi connectivity index (χ2n) is 2.98. The molecule has 1 atom stereocenters. The minimum atomic E-state index is -1.10. The molecule has 0 bridgehead atoms. The van der Waals surface area contributed by atoms with E-state index in [1.165, 1.54) is 0 Å². The highest BCUT2D eigenvalue weighted by molar-refractivity contribution is 4.40. The van der Waals surface area contributed by atoms with Crippen LogP contribution in [-0.4, -0.2) is 39.4 Å². The van der Waals surface area contributed by atoms with E-state index in [1.807, 2.05) is 6.92 Å². The zero-order valence-electron chi connectivity index (χ0n) is 8.48. The van der Waals surface area contributed by atoms with E-state index in [0.717, 1.165) is 12.8 Å². The molecule has 0 aromatic heterocycles. The fourth-order valence-corrected chi connectivity index (χ4v) is 0.574. The maximum atomic E-state index is 8.39. The maximum Gasteiger partial charge on any atom is 0.151 e. The largest absolute Gasteiger partial charge is 0.396 e. The fraction of sp³-hybridized carbons (Fsp3) is 1.00. The van der Waals surface area contributed by atoms with Gasteiger partial charge in [-0.1, -0.05) is 13.3 Å². The van der Waals surface area contributed by atoms with Crippen LogP contribution in [0.2, 0.25) is 0 Å². The Hall–Kier alpha value is -0.160. The molecule has 4 N–H and O–H groups in total. The molecule has 82 valence electrons. The lowest BCUT2D eigenvalue weighted by atomic mass is 10.2. The quantitative estimate of drug-likeness (QED) is 0.472. The summed E-state index contributed by atoms with van der Waals surface area (Å²) in [6, 6.07) is 0. The summed E-state index contributed by atoms with van der Waals surface area (Å²) in [5.41, 5.74) is 0. The minimum absolute atomic E-state index is 0.0810. The predicted molar refractivity (Wildman–Crippen MR) is 51.1 cm³/mol. The molecule has 0 aliphatic heterocycles. The van der Waals surface area contributed by atoms with Gasteiger partial charge in [0, 0.05) is 6.61 Å². The van der Waals surface area contributed by atoms with Gasteiger partial charge < -0.3 is 20.4 Å². The van der Waals surface area contributed by atoms with Gasteiger partial charge in [-0.2, -0.15) is 0 Å². The van der Waals surface area contributed by atoms with Crippen LogP contribution in [0.4, 0.5) is 0 Å². The molecule has 0 fully saturated rings. The standard InChI is InChI=1S/C5H12O2.C4H10O2/c1-2-3-4-5(6)7;1-4(6)2-3-5/h5-7H,2-4H2,1H3;4-6H,2-3H2,1H3. The summed E-state index contributed by atoms with van der Waals surface area (Å²) in [5.74, 6) is 0. The van der Waals surface area contributed by atoms with Gasteiger partial charge in [-0.15, -0.1) is 0 Å². The van der Waals surface area contributed by atoms with Gasteiger partial charge in [0.05, 0.1) is 6.10 Å². The van der Waals surface area contributed by atoms with E-state index in [0.29, 0.717) is 12.8 Å². The monoisotopic (exact) mass is 194 g/mol. The summed E-state index contributed by atoms with van der Waals surface area (Å²) in [7, 11) is 0. The van der Waals surface area contributed by atoms with Crippen LogP contribution in [-0.2, 0) is 0 Å². The molecule has 0 saturated carbocycles. The van der Waals surface area contributed by atoms with Gasteiger partial charge in [0.15, 0.2) is 6.29 Å². The molecule has 0 aromatic rings. The molecular weight excluding hydrogens is 172 g/mol. The Morgan fingerprint density at radius 2 is 1.62 bits per heavy atom. The van der Waals surface area contributed by atoms with Crippen molar-refractivity contribution in [1.29, 1.82) is 0 Å². The van der Waals surface area contributed by atoms with Crippen molar-refractivity contribution >= 4 is 0 Å². The molecule has 0 rings (SSSR count). The predicted octanol–water partition coefficient (Wildman–Crippen LogP) is 0.237. The van der Waals surface area contributed by atoms with E-state index in [1.54, 1.807) is 6.92 Å². The maximum absolute atomic E-state index is 8.39. The first-order valence-electron chi connectivity index (χ1n) is 4.69. The molecule has 0 saturated heterocycles. The average molecular weight is 194 g/mol. The minimum Gasteiger partial charge on any atom is -0.396 e. The zero-order chi connectivity index (χ0) is 10.7. The van der Waals surface area contributed by atoms with Crippen molar-refractivity contribution < 1.29 is 20.4 Å². The van der Waals surface area contributed by atoms with E-state index in [-0.39, 0.29) is 12.7 Å². The Labute approximate surface area is 79.8 Å². The first-order valence-corrected chi connectivity index (χ1v) is 4.69. The van der Waals surface area contributed by atoms with Crippen molar-refractivity contribution in [2.24, 2.45) is 0 Å². The Morgan fingerprint density at radius 1 is 1.08 bits per heavy atom. The van der Waals surface area contributed by atoms with Crippen LogP contribution >= 0.6 is 0 Å². The Kier molecular flexibility index (Phi) is 14.0. The van der Waals surface area contributed by atoms with Crippen molar-refractivity contribution in [2.45, 2.75) is 51.9 Å². The van der Waals surface area contributed by atoms with Crippen LogP contribution in [0.15, 0.2) is 0 Å². The van der Waals surface area contributed by atoms with E-state index in [2.05, 4.69) is 0 Å². The number of aliphatic hydroxyl groups is 4. The number of hydrogen-bond donors (Lipinski definition) is 4. The fourth-order valence-electron chi connectivity index (χ4n) is 0.574. The number of unbranched alkanes of at least 4 members (excludes halogenated alkanes) is 1. The van der Waals surface area contributed by atoms with Gasteiger partial charge in [-0.3, -0.25) is 0 Å². The molecule has 0 aliphatic rings. The molecule has 0 amide bonds. The average Bonchev–Trinajstić information content (AvgIpc) is 2.01. The number of hydrogen-bond acceptors (Lipinski definition) is 4. The second-order valence-corrected chi connectivity index (χ2v) is 2.98. The van der Waals surface area contributed by atoms with Gasteiger partial charge in [0.25, 0.3) is 0 Å². The molecule has 13 heavy (non-hydrogen) atoms. The van der Waals surface area contributed by atoms with E-state index in [4.69, 9.17) is 20.4 Å². The highest BCUT2D eigenvalue weighted by Gasteiger charge is 1.92.